The summed E-state index contributed by atoms with van der Waals surface area (Å²) in [5.74, 6) is -2.48. The van der Waals surface area contributed by atoms with Crippen molar-refractivity contribution in [1.82, 2.24) is 21.7 Å². The van der Waals surface area contributed by atoms with Crippen LogP contribution >= 0.6 is 0 Å². The average molecular weight is 408 g/mol. The van der Waals surface area contributed by atoms with Gasteiger partial charge in [-0.25, -0.2) is 27.7 Å². The number of sulfone groups is 2. The predicted octanol–water partition coefficient (Wildman–Crippen LogP) is -2.93. The van der Waals surface area contributed by atoms with Gasteiger partial charge in [0, 0.05) is 0 Å². The second-order valence-corrected chi connectivity index (χ2v) is 10.4. The van der Waals surface area contributed by atoms with E-state index in [1.165, 1.54) is 0 Å². The van der Waals surface area contributed by atoms with E-state index in [9.17, 15) is 26.4 Å². The Bertz CT molecular complexity index is 738. The molecule has 2 rings (SSSR count). The number of hydrogen-bond acceptors (Lipinski definition) is 8. The summed E-state index contributed by atoms with van der Waals surface area (Å²) in [6.45, 7) is 0. The first-order valence-electron chi connectivity index (χ1n) is 7.73. The first-order valence-corrected chi connectivity index (χ1v) is 11.4. The summed E-state index contributed by atoms with van der Waals surface area (Å²) in [5.41, 5.74) is 9.28. The Morgan fingerprint density at radius 1 is 0.769 bits per heavy atom. The molecule has 0 bridgehead atoms. The van der Waals surface area contributed by atoms with E-state index in [0.717, 1.165) is 12.7 Å². The first-order chi connectivity index (χ1) is 12.2. The van der Waals surface area contributed by atoms with Gasteiger partial charge in [0.05, 0.1) is 34.8 Å². The maximum Gasteiger partial charge on any atom is 0.244 e. The smallest absolute Gasteiger partial charge is 0.244 e. The number of carbonyl (C=O) groups excluding carboxylic acids is 2. The molecule has 0 aliphatic carbocycles. The second kappa shape index (κ2) is 8.44. The van der Waals surface area contributed by atoms with Gasteiger partial charge in [-0.1, -0.05) is 0 Å². The molecule has 2 unspecified atom stereocenters. The molecule has 0 aromatic carbocycles. The van der Waals surface area contributed by atoms with Crippen molar-refractivity contribution in [3.05, 3.63) is 0 Å². The lowest BCUT2D eigenvalue weighted by atomic mass is 10.1. The van der Waals surface area contributed by atoms with Gasteiger partial charge in [0.1, 0.15) is 12.7 Å². The van der Waals surface area contributed by atoms with Crippen molar-refractivity contribution in [3.63, 3.8) is 0 Å². The van der Waals surface area contributed by atoms with Crippen LogP contribution in [0.2, 0.25) is 0 Å². The standard InChI is InChI=1S/C12H20N6O6S2/c19-11(9-1-3-25(21,22)5-9)17-15-7-13-14-8-16-18-12(20)10-2-4-26(23,24)6-10/h7-10H,1-6H2,(H,13,15)(H,14,16)(H,17,19)(H,18,20). The van der Waals surface area contributed by atoms with Crippen LogP contribution in [0, 0.1) is 11.8 Å². The molecule has 14 heteroatoms. The van der Waals surface area contributed by atoms with Crippen LogP contribution in [0.15, 0.2) is 10.2 Å². The van der Waals surface area contributed by atoms with Crippen molar-refractivity contribution >= 4 is 44.2 Å². The molecule has 2 saturated heterocycles. The number of hydrogen-bond donors (Lipinski definition) is 4. The minimum Gasteiger partial charge on any atom is -0.288 e. The largest absolute Gasteiger partial charge is 0.288 e. The Hall–Kier alpha value is -2.22. The number of carbonyl (C=O) groups is 2. The SMILES string of the molecule is O=C(N/N=C/NN/C=N/NC(=O)C1CCS(=O)(=O)C1)C1CCS(=O)(=O)C1. The van der Waals surface area contributed by atoms with Crippen molar-refractivity contribution in [2.24, 2.45) is 22.0 Å². The van der Waals surface area contributed by atoms with Gasteiger partial charge in [0.25, 0.3) is 0 Å². The Kier molecular flexibility index (Phi) is 6.52. The number of hydrazine groups is 1. The summed E-state index contributed by atoms with van der Waals surface area (Å²) in [4.78, 5) is 23.3. The Balaban J connectivity index is 1.58. The van der Waals surface area contributed by atoms with Crippen molar-refractivity contribution in [2.45, 2.75) is 12.8 Å². The minimum atomic E-state index is -3.13. The van der Waals surface area contributed by atoms with Gasteiger partial charge in [-0.05, 0) is 12.8 Å². The molecular formula is C12H20N6O6S2. The summed E-state index contributed by atoms with van der Waals surface area (Å²) >= 11 is 0. The van der Waals surface area contributed by atoms with Crippen LogP contribution in [0.3, 0.4) is 0 Å². The molecular weight excluding hydrogens is 388 g/mol. The topological polar surface area (TPSA) is 175 Å². The molecule has 0 saturated carbocycles. The first kappa shape index (κ1) is 20.1. The summed E-state index contributed by atoms with van der Waals surface area (Å²) in [6, 6.07) is 0. The molecule has 0 aromatic heterocycles. The van der Waals surface area contributed by atoms with Gasteiger partial charge in [-0.2, -0.15) is 10.2 Å². The molecule has 0 spiro atoms. The summed E-state index contributed by atoms with van der Waals surface area (Å²) in [5, 5.41) is 7.13. The third-order valence-electron chi connectivity index (χ3n) is 3.90. The van der Waals surface area contributed by atoms with Crippen LogP contribution in [0.4, 0.5) is 0 Å². The Morgan fingerprint density at radius 3 is 1.46 bits per heavy atom. The number of nitrogens with zero attached hydrogens (tertiary/aromatic N) is 2. The third-order valence-corrected chi connectivity index (χ3v) is 7.43. The lowest BCUT2D eigenvalue weighted by molar-refractivity contribution is -0.125. The third kappa shape index (κ3) is 6.25. The number of nitrogens with one attached hydrogen (secondary N) is 4. The van der Waals surface area contributed by atoms with Crippen LogP contribution < -0.4 is 21.7 Å². The van der Waals surface area contributed by atoms with Gasteiger partial charge in [0.15, 0.2) is 19.7 Å². The molecule has 4 N–H and O–H groups in total. The highest BCUT2D eigenvalue weighted by Gasteiger charge is 2.33. The molecule has 2 amide bonds. The quantitative estimate of drug-likeness (QED) is 0.150. The zero-order chi connectivity index (χ0) is 19.2. The highest BCUT2D eigenvalue weighted by molar-refractivity contribution is 7.91. The van der Waals surface area contributed by atoms with Crippen LogP contribution in [-0.4, -0.2) is 64.3 Å². The van der Waals surface area contributed by atoms with Gasteiger partial charge >= 0.3 is 0 Å². The zero-order valence-corrected chi connectivity index (χ0v) is 15.3. The number of rotatable bonds is 7. The van der Waals surface area contributed by atoms with E-state index in [2.05, 4.69) is 31.9 Å². The van der Waals surface area contributed by atoms with E-state index >= 15 is 0 Å². The van der Waals surface area contributed by atoms with Gasteiger partial charge in [-0.15, -0.1) is 0 Å². The molecule has 146 valence electrons. The summed E-state index contributed by atoms with van der Waals surface area (Å²) < 4.78 is 45.1. The van der Waals surface area contributed by atoms with E-state index in [0.29, 0.717) is 0 Å². The lowest BCUT2D eigenvalue weighted by Crippen LogP contribution is -2.34. The van der Waals surface area contributed by atoms with E-state index in [1.54, 1.807) is 0 Å². The average Bonchev–Trinajstić information content (AvgIpc) is 3.11. The lowest BCUT2D eigenvalue weighted by Gasteiger charge is -2.05. The van der Waals surface area contributed by atoms with Crippen LogP contribution in [-0.2, 0) is 29.3 Å². The Morgan fingerprint density at radius 2 is 1.15 bits per heavy atom. The number of amides is 2. The molecule has 2 fully saturated rings. The van der Waals surface area contributed by atoms with Crippen molar-refractivity contribution in [1.29, 1.82) is 0 Å². The van der Waals surface area contributed by atoms with Crippen molar-refractivity contribution in [3.8, 4) is 0 Å². The highest BCUT2D eigenvalue weighted by atomic mass is 32.2. The van der Waals surface area contributed by atoms with Gasteiger partial charge < -0.3 is 0 Å². The monoisotopic (exact) mass is 408 g/mol. The second-order valence-electron chi connectivity index (χ2n) is 5.96. The number of hydrazone groups is 2. The maximum absolute atomic E-state index is 11.7. The van der Waals surface area contributed by atoms with Crippen LogP contribution in [0.5, 0.6) is 0 Å². The van der Waals surface area contributed by atoms with E-state index < -0.39 is 43.3 Å². The molecule has 12 nitrogen and oxygen atoms in total. The normalized spacial score (nSPS) is 26.8. The van der Waals surface area contributed by atoms with Crippen molar-refractivity contribution < 1.29 is 26.4 Å². The predicted molar refractivity (Wildman–Crippen MR) is 93.1 cm³/mol. The van der Waals surface area contributed by atoms with E-state index in [4.69, 9.17) is 0 Å². The maximum atomic E-state index is 11.7. The molecule has 0 radical (unpaired) electrons. The highest BCUT2D eigenvalue weighted by Crippen LogP contribution is 2.18. The molecule has 26 heavy (non-hydrogen) atoms. The van der Waals surface area contributed by atoms with Crippen LogP contribution in [0.25, 0.3) is 0 Å². The fraction of sp³-hybridized carbons (Fsp3) is 0.667. The summed E-state index contributed by atoms with van der Waals surface area (Å²) in [6.07, 6.45) is 2.76. The van der Waals surface area contributed by atoms with E-state index in [1.807, 2.05) is 0 Å². The van der Waals surface area contributed by atoms with Crippen molar-refractivity contribution in [2.75, 3.05) is 23.0 Å². The molecule has 2 atom stereocenters. The summed E-state index contributed by atoms with van der Waals surface area (Å²) in [7, 11) is -6.26. The van der Waals surface area contributed by atoms with Crippen LogP contribution in [0.1, 0.15) is 12.8 Å². The molecule has 2 aliphatic rings. The molecule has 2 aliphatic heterocycles. The zero-order valence-electron chi connectivity index (χ0n) is 13.7. The molecule has 0 aromatic rings. The van der Waals surface area contributed by atoms with Gasteiger partial charge in [-0.3, -0.25) is 20.4 Å². The fourth-order valence-corrected chi connectivity index (χ4v) is 6.00. The molecule has 2 heterocycles. The van der Waals surface area contributed by atoms with Gasteiger partial charge in [0.2, 0.25) is 11.8 Å². The minimum absolute atomic E-state index is 0.00355. The Labute approximate surface area is 150 Å². The van der Waals surface area contributed by atoms with E-state index in [-0.39, 0.29) is 35.9 Å². The fourth-order valence-electron chi connectivity index (χ4n) is 2.52.